The van der Waals surface area contributed by atoms with E-state index in [9.17, 15) is 14.4 Å². The van der Waals surface area contributed by atoms with Gasteiger partial charge in [0.2, 0.25) is 5.43 Å². The van der Waals surface area contributed by atoms with Crippen LogP contribution in [0.15, 0.2) is 29.2 Å². The van der Waals surface area contributed by atoms with Crippen molar-refractivity contribution in [1.82, 2.24) is 9.47 Å². The number of esters is 1. The largest absolute Gasteiger partial charge is 0.462 e. The lowest BCUT2D eigenvalue weighted by atomic mass is 9.92. The summed E-state index contributed by atoms with van der Waals surface area (Å²) >= 11 is 1.77. The first kappa shape index (κ1) is 26.5. The zero-order valence-electron chi connectivity index (χ0n) is 23.1. The molecule has 1 saturated carbocycles. The van der Waals surface area contributed by atoms with Crippen LogP contribution >= 0.6 is 11.3 Å². The Morgan fingerprint density at radius 2 is 1.89 bits per heavy atom. The Labute approximate surface area is 227 Å². The quantitative estimate of drug-likeness (QED) is 0.335. The zero-order chi connectivity index (χ0) is 27.4. The van der Waals surface area contributed by atoms with Crippen LogP contribution in [0.3, 0.4) is 0 Å². The fourth-order valence-corrected chi connectivity index (χ4v) is 6.65. The predicted molar refractivity (Wildman–Crippen MR) is 150 cm³/mol. The molecule has 2 heterocycles. The Balaban J connectivity index is 1.57. The maximum absolute atomic E-state index is 13.3. The molecule has 1 fully saturated rings. The van der Waals surface area contributed by atoms with Crippen molar-refractivity contribution in [2.24, 2.45) is 0 Å². The number of fused-ring (bicyclic) bond motifs is 2. The molecule has 2 aliphatic carbocycles. The highest BCUT2D eigenvalue weighted by molar-refractivity contribution is 7.15. The number of aromatic nitrogens is 1. The number of thiophene rings is 1. The van der Waals surface area contributed by atoms with Crippen LogP contribution in [0.25, 0.3) is 21.3 Å². The molecule has 3 aromatic rings. The summed E-state index contributed by atoms with van der Waals surface area (Å²) in [5.74, 6) is -0.568. The molecule has 1 unspecified atom stereocenters. The van der Waals surface area contributed by atoms with E-state index in [1.807, 2.05) is 40.8 Å². The Morgan fingerprint density at radius 3 is 2.55 bits per heavy atom. The molecule has 0 spiro atoms. The summed E-state index contributed by atoms with van der Waals surface area (Å²) in [6, 6.07) is 6.48. The van der Waals surface area contributed by atoms with Crippen LogP contribution < -0.4 is 5.43 Å². The normalized spacial score (nSPS) is 17.3. The minimum absolute atomic E-state index is 0.0313. The molecule has 38 heavy (non-hydrogen) atoms. The van der Waals surface area contributed by atoms with E-state index in [-0.39, 0.29) is 35.8 Å². The number of carbonyl (C=O) groups excluding carboxylic acids is 2. The molecule has 1 atom stereocenters. The Morgan fingerprint density at radius 1 is 1.16 bits per heavy atom. The van der Waals surface area contributed by atoms with Crippen LogP contribution in [0, 0.1) is 6.92 Å². The topological polar surface area (TPSA) is 77.8 Å². The van der Waals surface area contributed by atoms with Crippen LogP contribution in [0.2, 0.25) is 0 Å². The van der Waals surface area contributed by atoms with Gasteiger partial charge in [0.15, 0.2) is 0 Å². The van der Waals surface area contributed by atoms with Crippen molar-refractivity contribution in [2.75, 3.05) is 13.7 Å². The number of nitrogens with zero attached hydrogens (tertiary/aromatic N) is 2. The Kier molecular flexibility index (Phi) is 6.88. The minimum atomic E-state index is -0.568. The van der Waals surface area contributed by atoms with E-state index in [1.165, 1.54) is 10.4 Å². The van der Waals surface area contributed by atoms with Crippen LogP contribution in [0.4, 0.5) is 4.79 Å². The lowest BCUT2D eigenvalue weighted by Crippen LogP contribution is -2.37. The number of hydrogen-bond donors (Lipinski definition) is 0. The number of amides is 1. The molecule has 5 rings (SSSR count). The van der Waals surface area contributed by atoms with Crippen molar-refractivity contribution >= 4 is 34.3 Å². The van der Waals surface area contributed by atoms with Crippen molar-refractivity contribution in [2.45, 2.75) is 84.4 Å². The van der Waals surface area contributed by atoms with Gasteiger partial charge in [-0.25, -0.2) is 9.59 Å². The van der Waals surface area contributed by atoms with Crippen molar-refractivity contribution in [3.8, 4) is 10.4 Å². The molecule has 2 aromatic heterocycles. The first-order chi connectivity index (χ1) is 18.0. The number of pyridine rings is 1. The molecule has 0 bridgehead atoms. The second kappa shape index (κ2) is 9.88. The Bertz CT molecular complexity index is 1470. The van der Waals surface area contributed by atoms with Crippen LogP contribution in [0.5, 0.6) is 0 Å². The average molecular weight is 537 g/mol. The van der Waals surface area contributed by atoms with Crippen LogP contribution in [-0.4, -0.2) is 40.8 Å². The number of rotatable bonds is 5. The van der Waals surface area contributed by atoms with Gasteiger partial charge in [-0.15, -0.1) is 11.3 Å². The molecule has 0 aliphatic heterocycles. The van der Waals surface area contributed by atoms with E-state index in [1.54, 1.807) is 29.4 Å². The van der Waals surface area contributed by atoms with Gasteiger partial charge in [-0.3, -0.25) is 4.79 Å². The van der Waals surface area contributed by atoms with Crippen molar-refractivity contribution in [3.05, 3.63) is 56.2 Å². The van der Waals surface area contributed by atoms with E-state index < -0.39 is 11.6 Å². The molecule has 1 amide bonds. The molecule has 1 aromatic carbocycles. The van der Waals surface area contributed by atoms with Gasteiger partial charge >= 0.3 is 12.1 Å². The van der Waals surface area contributed by atoms with Crippen molar-refractivity contribution in [1.29, 1.82) is 0 Å². The van der Waals surface area contributed by atoms with E-state index in [0.29, 0.717) is 5.39 Å². The third-order valence-corrected chi connectivity index (χ3v) is 8.55. The molecule has 2 aliphatic rings. The van der Waals surface area contributed by atoms with E-state index in [2.05, 4.69) is 16.7 Å². The predicted octanol–water partition coefficient (Wildman–Crippen LogP) is 6.79. The zero-order valence-corrected chi connectivity index (χ0v) is 23.9. The van der Waals surface area contributed by atoms with Crippen LogP contribution in [-0.2, 0) is 15.9 Å². The van der Waals surface area contributed by atoms with Gasteiger partial charge in [0, 0.05) is 34.4 Å². The molecule has 0 radical (unpaired) electrons. The molecular formula is C30H36N2O5S. The van der Waals surface area contributed by atoms with Gasteiger partial charge in [-0.2, -0.15) is 0 Å². The van der Waals surface area contributed by atoms with E-state index in [4.69, 9.17) is 9.47 Å². The summed E-state index contributed by atoms with van der Waals surface area (Å²) in [5, 5.41) is 0.549. The molecule has 7 nitrogen and oxygen atoms in total. The SMILES string of the molecule is CCOC(=O)c1cn(C2CC2)c2cc(-c3cc4c(s3)CCCC4N(C)C(=O)OC(C)(C)C)c(C)cc2c1=O. The molecule has 8 heteroatoms. The van der Waals surface area contributed by atoms with Gasteiger partial charge in [0.05, 0.1) is 18.2 Å². The smallest absolute Gasteiger partial charge is 0.410 e. The number of benzene rings is 1. The average Bonchev–Trinajstić information content (AvgIpc) is 3.60. The van der Waals surface area contributed by atoms with Crippen LogP contribution in [0.1, 0.15) is 91.8 Å². The summed E-state index contributed by atoms with van der Waals surface area (Å²) in [7, 11) is 1.82. The second-order valence-corrected chi connectivity index (χ2v) is 12.5. The molecule has 202 valence electrons. The summed E-state index contributed by atoms with van der Waals surface area (Å²) in [4.78, 5) is 42.8. The standard InChI is InChI=1S/C30H36N2O5S/c1-7-36-28(34)22-16-32(18-11-12-18)24-14-19(17(2)13-21(24)27(22)33)26-15-20-23(9-8-10-25(20)38-26)31(6)29(35)37-30(3,4)5/h13-16,18,23H,7-12H2,1-6H3. The maximum atomic E-state index is 13.3. The molecular weight excluding hydrogens is 500 g/mol. The second-order valence-electron chi connectivity index (χ2n) is 11.4. The Hall–Kier alpha value is -3.13. The first-order valence-electron chi connectivity index (χ1n) is 13.4. The summed E-state index contributed by atoms with van der Waals surface area (Å²) in [6.07, 6.45) is 6.32. The first-order valence-corrected chi connectivity index (χ1v) is 14.3. The lowest BCUT2D eigenvalue weighted by molar-refractivity contribution is 0.0205. The fourth-order valence-electron chi connectivity index (χ4n) is 5.31. The fraction of sp³-hybridized carbons (Fsp3) is 0.500. The summed E-state index contributed by atoms with van der Waals surface area (Å²) < 4.78 is 12.9. The minimum Gasteiger partial charge on any atom is -0.462 e. The number of ether oxygens (including phenoxy) is 2. The highest BCUT2D eigenvalue weighted by atomic mass is 32.1. The van der Waals surface area contributed by atoms with Crippen molar-refractivity contribution in [3.63, 3.8) is 0 Å². The van der Waals surface area contributed by atoms with Gasteiger partial charge < -0.3 is 18.9 Å². The highest BCUT2D eigenvalue weighted by Crippen LogP contribution is 2.44. The van der Waals surface area contributed by atoms with Gasteiger partial charge in [0.25, 0.3) is 0 Å². The molecule has 0 N–H and O–H groups in total. The number of aryl methyl sites for hydroxylation is 2. The third-order valence-electron chi connectivity index (χ3n) is 7.31. The lowest BCUT2D eigenvalue weighted by Gasteiger charge is -2.33. The number of hydrogen-bond acceptors (Lipinski definition) is 6. The summed E-state index contributed by atoms with van der Waals surface area (Å²) in [5.41, 5.74) is 3.35. The van der Waals surface area contributed by atoms with Crippen molar-refractivity contribution < 1.29 is 19.1 Å². The highest BCUT2D eigenvalue weighted by Gasteiger charge is 2.32. The summed E-state index contributed by atoms with van der Waals surface area (Å²) in [6.45, 7) is 9.62. The van der Waals surface area contributed by atoms with E-state index >= 15 is 0 Å². The van der Waals surface area contributed by atoms with Gasteiger partial charge in [-0.1, -0.05) is 0 Å². The third kappa shape index (κ3) is 4.98. The van der Waals surface area contributed by atoms with Gasteiger partial charge in [0.1, 0.15) is 11.2 Å². The maximum Gasteiger partial charge on any atom is 0.410 e. The van der Waals surface area contributed by atoms with E-state index in [0.717, 1.165) is 53.6 Å². The van der Waals surface area contributed by atoms with Gasteiger partial charge in [-0.05, 0) is 102 Å². The monoisotopic (exact) mass is 536 g/mol. The molecule has 0 saturated heterocycles. The number of carbonyl (C=O) groups is 2.